The molecule has 1 atom stereocenters. The van der Waals surface area contributed by atoms with Gasteiger partial charge in [0.15, 0.2) is 0 Å². The number of rotatable bonds is 10. The summed E-state index contributed by atoms with van der Waals surface area (Å²) < 4.78 is 5.03. The average molecular weight is 722 g/mol. The van der Waals surface area contributed by atoms with E-state index < -0.39 is 23.0 Å². The van der Waals surface area contributed by atoms with Crippen LogP contribution in [0, 0.1) is 0 Å². The lowest BCUT2D eigenvalue weighted by molar-refractivity contribution is -0.129. The predicted molar refractivity (Wildman–Crippen MR) is 200 cm³/mol. The molecule has 5 aromatic rings. The standard InChI is InChI=1S/C38H35N5O6S2/c1-22(34(45)42-37-33(38(48)49-3)29-16-17-43(23(2)44)21-32(29)51-37)50-27-13-9-12-26(19-27)40-36(47)31(41-35(46)24-10-5-4-6-11-24)18-25-20-39-30-15-8-7-14-28(25)30/h4-15,18-20,22,39H,16-17,21H2,1-3H3,(H,40,47)(H,41,46)(H,42,45)/b31-18-. The number of aromatic nitrogens is 1. The number of amides is 4. The normalized spacial score (nSPS) is 13.2. The van der Waals surface area contributed by atoms with Crippen LogP contribution < -0.4 is 16.0 Å². The molecule has 0 bridgehead atoms. The number of para-hydroxylation sites is 1. The van der Waals surface area contributed by atoms with Gasteiger partial charge in [-0.1, -0.05) is 42.5 Å². The molecule has 3 heterocycles. The largest absolute Gasteiger partial charge is 0.465 e. The molecule has 13 heteroatoms. The number of ether oxygens (including phenoxy) is 1. The topological polar surface area (TPSA) is 150 Å². The fourth-order valence-electron chi connectivity index (χ4n) is 5.71. The molecule has 11 nitrogen and oxygen atoms in total. The number of H-pyrrole nitrogens is 1. The number of benzene rings is 3. The van der Waals surface area contributed by atoms with E-state index >= 15 is 0 Å². The Morgan fingerprint density at radius 3 is 2.51 bits per heavy atom. The van der Waals surface area contributed by atoms with E-state index in [0.717, 1.165) is 26.9 Å². The number of nitrogens with zero attached hydrogens (tertiary/aromatic N) is 1. The fraction of sp³-hybridized carbons (Fsp3) is 0.184. The van der Waals surface area contributed by atoms with Crippen molar-refractivity contribution >= 4 is 80.4 Å². The number of methoxy groups -OCH3 is 1. The molecule has 6 rings (SSSR count). The lowest BCUT2D eigenvalue weighted by Crippen LogP contribution is -2.33. The van der Waals surface area contributed by atoms with Gasteiger partial charge in [-0.05, 0) is 61.4 Å². The molecular weight excluding hydrogens is 687 g/mol. The molecule has 3 aromatic carbocycles. The van der Waals surface area contributed by atoms with E-state index in [2.05, 4.69) is 20.9 Å². The Labute approximate surface area is 302 Å². The number of thioether (sulfide) groups is 1. The van der Waals surface area contributed by atoms with Gasteiger partial charge in [0, 0.05) is 57.2 Å². The smallest absolute Gasteiger partial charge is 0.341 e. The van der Waals surface area contributed by atoms with Crippen molar-refractivity contribution in [1.82, 2.24) is 15.2 Å². The Balaban J connectivity index is 1.17. The van der Waals surface area contributed by atoms with Crippen LogP contribution in [0.15, 0.2) is 95.7 Å². The maximum Gasteiger partial charge on any atom is 0.341 e. The monoisotopic (exact) mass is 721 g/mol. The summed E-state index contributed by atoms with van der Waals surface area (Å²) in [6.07, 6.45) is 3.89. The molecule has 4 amide bonds. The minimum atomic E-state index is -0.586. The van der Waals surface area contributed by atoms with Crippen molar-refractivity contribution in [3.8, 4) is 0 Å². The number of nitrogens with one attached hydrogen (secondary N) is 4. The Hall–Kier alpha value is -5.66. The van der Waals surface area contributed by atoms with E-state index in [-0.39, 0.29) is 17.5 Å². The van der Waals surface area contributed by atoms with Gasteiger partial charge in [-0.3, -0.25) is 19.2 Å². The van der Waals surface area contributed by atoms with Crippen LogP contribution in [0.4, 0.5) is 10.7 Å². The highest BCUT2D eigenvalue weighted by atomic mass is 32.2. The molecule has 4 N–H and O–H groups in total. The second-order valence-corrected chi connectivity index (χ2v) is 14.3. The number of carbonyl (C=O) groups excluding carboxylic acids is 5. The zero-order valence-corrected chi connectivity index (χ0v) is 29.7. The van der Waals surface area contributed by atoms with Crippen LogP contribution >= 0.6 is 23.1 Å². The molecule has 51 heavy (non-hydrogen) atoms. The first kappa shape index (κ1) is 35.2. The number of hydrogen-bond acceptors (Lipinski definition) is 8. The molecule has 1 aliphatic heterocycles. The van der Waals surface area contributed by atoms with E-state index in [1.54, 1.807) is 72.6 Å². The molecule has 1 aliphatic rings. The summed E-state index contributed by atoms with van der Waals surface area (Å²) in [5.41, 5.74) is 3.65. The molecule has 0 saturated heterocycles. The number of esters is 1. The maximum atomic E-state index is 13.7. The molecule has 0 spiro atoms. The van der Waals surface area contributed by atoms with E-state index in [1.165, 1.54) is 37.1 Å². The van der Waals surface area contributed by atoms with Gasteiger partial charge in [0.2, 0.25) is 11.8 Å². The fourth-order valence-corrected chi connectivity index (χ4v) is 7.89. The predicted octanol–water partition coefficient (Wildman–Crippen LogP) is 6.45. The van der Waals surface area contributed by atoms with Gasteiger partial charge in [0.05, 0.1) is 24.5 Å². The molecule has 2 aromatic heterocycles. The number of aromatic amines is 1. The van der Waals surface area contributed by atoms with Crippen molar-refractivity contribution in [2.75, 3.05) is 24.3 Å². The third-order valence-electron chi connectivity index (χ3n) is 8.35. The Morgan fingerprint density at radius 1 is 0.980 bits per heavy atom. The minimum absolute atomic E-state index is 0.0471. The van der Waals surface area contributed by atoms with Crippen molar-refractivity contribution in [2.45, 2.75) is 37.0 Å². The van der Waals surface area contributed by atoms with Crippen LogP contribution in [0.3, 0.4) is 0 Å². The van der Waals surface area contributed by atoms with Gasteiger partial charge in [0.25, 0.3) is 11.8 Å². The molecule has 0 fully saturated rings. The van der Waals surface area contributed by atoms with Crippen LogP contribution in [0.1, 0.15) is 50.6 Å². The van der Waals surface area contributed by atoms with E-state index in [1.807, 2.05) is 30.3 Å². The second-order valence-electron chi connectivity index (χ2n) is 11.8. The number of carbonyl (C=O) groups is 5. The maximum absolute atomic E-state index is 13.7. The highest BCUT2D eigenvalue weighted by Gasteiger charge is 2.31. The summed E-state index contributed by atoms with van der Waals surface area (Å²) in [5, 5.41) is 9.26. The van der Waals surface area contributed by atoms with Gasteiger partial charge >= 0.3 is 5.97 Å². The van der Waals surface area contributed by atoms with Crippen LogP contribution in [0.5, 0.6) is 0 Å². The highest BCUT2D eigenvalue weighted by Crippen LogP contribution is 2.38. The van der Waals surface area contributed by atoms with E-state index in [0.29, 0.717) is 46.2 Å². The summed E-state index contributed by atoms with van der Waals surface area (Å²) in [4.78, 5) is 71.4. The summed E-state index contributed by atoms with van der Waals surface area (Å²) in [6, 6.07) is 23.3. The van der Waals surface area contributed by atoms with Crippen molar-refractivity contribution < 1.29 is 28.7 Å². The molecular formula is C38H35N5O6S2. The quantitative estimate of drug-likeness (QED) is 0.0736. The van der Waals surface area contributed by atoms with Crippen LogP contribution in [0.25, 0.3) is 17.0 Å². The van der Waals surface area contributed by atoms with Crippen LogP contribution in [-0.4, -0.2) is 58.4 Å². The molecule has 0 aliphatic carbocycles. The SMILES string of the molecule is COC(=O)c1c(NC(=O)C(C)Sc2cccc(NC(=O)/C(=C/c3c[nH]c4ccccc34)NC(=O)c3ccccc3)c2)sc2c1CCN(C(C)=O)C2. The molecule has 0 radical (unpaired) electrons. The Morgan fingerprint density at radius 2 is 1.75 bits per heavy atom. The lowest BCUT2D eigenvalue weighted by Gasteiger charge is -2.25. The van der Waals surface area contributed by atoms with Crippen molar-refractivity contribution in [1.29, 1.82) is 0 Å². The summed E-state index contributed by atoms with van der Waals surface area (Å²) in [6.45, 7) is 4.10. The Bertz CT molecular complexity index is 2170. The highest BCUT2D eigenvalue weighted by molar-refractivity contribution is 8.00. The second kappa shape index (κ2) is 15.5. The third-order valence-corrected chi connectivity index (χ3v) is 10.6. The van der Waals surface area contributed by atoms with E-state index in [4.69, 9.17) is 4.74 Å². The van der Waals surface area contributed by atoms with Gasteiger partial charge in [-0.2, -0.15) is 0 Å². The number of anilines is 2. The summed E-state index contributed by atoms with van der Waals surface area (Å²) >= 11 is 2.55. The average Bonchev–Trinajstić information content (AvgIpc) is 3.71. The first-order valence-corrected chi connectivity index (χ1v) is 17.8. The van der Waals surface area contributed by atoms with Crippen LogP contribution in [0.2, 0.25) is 0 Å². The Kier molecular flexibility index (Phi) is 10.7. The number of thiophene rings is 1. The minimum Gasteiger partial charge on any atom is -0.465 e. The lowest BCUT2D eigenvalue weighted by atomic mass is 10.0. The molecule has 1 unspecified atom stereocenters. The van der Waals surface area contributed by atoms with Gasteiger partial charge in [-0.25, -0.2) is 4.79 Å². The van der Waals surface area contributed by atoms with Gasteiger partial charge < -0.3 is 30.6 Å². The van der Waals surface area contributed by atoms with Crippen LogP contribution in [-0.2, 0) is 32.1 Å². The van der Waals surface area contributed by atoms with Crippen molar-refractivity contribution in [3.63, 3.8) is 0 Å². The number of hydrogen-bond donors (Lipinski definition) is 4. The van der Waals surface area contributed by atoms with Crippen molar-refractivity contribution in [2.24, 2.45) is 0 Å². The third kappa shape index (κ3) is 8.05. The summed E-state index contributed by atoms with van der Waals surface area (Å²) in [5.74, 6) is -1.88. The van der Waals surface area contributed by atoms with Gasteiger partial charge in [-0.15, -0.1) is 23.1 Å². The first-order chi connectivity index (χ1) is 24.6. The molecule has 0 saturated carbocycles. The molecule has 260 valence electrons. The number of fused-ring (bicyclic) bond motifs is 2. The van der Waals surface area contributed by atoms with Gasteiger partial charge in [0.1, 0.15) is 10.7 Å². The van der Waals surface area contributed by atoms with Crippen molar-refractivity contribution in [3.05, 3.63) is 118 Å². The zero-order valence-electron chi connectivity index (χ0n) is 28.1. The first-order valence-electron chi connectivity index (χ1n) is 16.1. The van der Waals surface area contributed by atoms with E-state index in [9.17, 15) is 24.0 Å². The summed E-state index contributed by atoms with van der Waals surface area (Å²) in [7, 11) is 1.30. The zero-order chi connectivity index (χ0) is 36.1.